The Labute approximate surface area is 685 Å². The molecule has 23 nitrogen and oxygen atoms in total. The number of nitrogens with zero attached hydrogens (tertiary/aromatic N) is 3. The molecular formula is C82H165N3O20P2Si2. The summed E-state index contributed by atoms with van der Waals surface area (Å²) in [6.45, 7) is 57.4. The second-order valence-corrected chi connectivity index (χ2v) is 38.1. The molecule has 0 aliphatic rings. The molecule has 109 heavy (non-hydrogen) atoms. The Morgan fingerprint density at radius 1 is 0.505 bits per heavy atom. The Balaban J connectivity index is -0.000000110. The summed E-state index contributed by atoms with van der Waals surface area (Å²) in [6.07, 6.45) is 17.9. The highest BCUT2D eigenvalue weighted by Gasteiger charge is 2.38. The Morgan fingerprint density at radius 3 is 1.12 bits per heavy atom. The SMILES string of the molecule is C.C.CC.CC.CC(C)(C)[Si](C)(C)OC[C@H](O)COCc1ccccc1.OC[C@H](O)COCc1ccccc1.[2H]C[C@@H](O)CO[Si](C)(C)C(C)(C)C.[2H]C[C@H](CO)OCC#C.[2H]C[C@H](COP(OCCC#C)N(C(C)C)C(C)C)OCC#C.[2H]C[C@H](COP(OCC[N+]#[C-])N(C(C)C)C(C)C)OCC#C.[3H]OC.[3H]OC.[3H]OC.[3H]OC. The quantitative estimate of drug-likeness (QED) is 0.00985. The van der Waals surface area contributed by atoms with E-state index in [1.54, 1.807) is 0 Å². The molecule has 8 atom stereocenters. The molecule has 9 N–H and O–H groups in total. The highest BCUT2D eigenvalue weighted by Crippen LogP contribution is 2.47. The van der Waals surface area contributed by atoms with E-state index in [2.05, 4.69) is 181 Å². The first-order chi connectivity index (χ1) is 54.2. The largest absolute Gasteiger partial charge is 0.414 e. The van der Waals surface area contributed by atoms with Gasteiger partial charge in [0.2, 0.25) is 12.3 Å². The van der Waals surface area contributed by atoms with E-state index in [0.717, 1.165) is 11.1 Å². The van der Waals surface area contributed by atoms with E-state index < -0.39 is 58.1 Å². The molecule has 27 heteroatoms. The monoisotopic (exact) mass is 1640 g/mol. The highest BCUT2D eigenvalue weighted by atomic mass is 31.2. The summed E-state index contributed by atoms with van der Waals surface area (Å²) in [5.74, 6) is 9.60. The number of rotatable bonds is 40. The molecule has 0 bridgehead atoms. The summed E-state index contributed by atoms with van der Waals surface area (Å²) < 4.78 is 117. The van der Waals surface area contributed by atoms with E-state index in [9.17, 15) is 10.2 Å². The van der Waals surface area contributed by atoms with Crippen LogP contribution in [0.3, 0.4) is 0 Å². The molecule has 2 rings (SSSR count). The number of aliphatic hydroxyl groups is 9. The molecular weight excluding hydrogens is 1470 g/mol. The second-order valence-electron chi connectivity index (χ2n) is 25.6. The van der Waals surface area contributed by atoms with Gasteiger partial charge in [0.1, 0.15) is 32.5 Å². The van der Waals surface area contributed by atoms with Crippen LogP contribution in [0.1, 0.15) is 190 Å². The fourth-order valence-corrected chi connectivity index (χ4v) is 11.8. The molecule has 0 radical (unpaired) electrons. The average molecular weight is 1640 g/mol. The van der Waals surface area contributed by atoms with Gasteiger partial charge in [0.15, 0.2) is 16.6 Å². The smallest absolute Gasteiger partial charge is 0.259 e. The zero-order valence-corrected chi connectivity index (χ0v) is 74.6. The molecule has 0 spiro atoms. The maximum atomic E-state index is 9.93. The van der Waals surface area contributed by atoms with Gasteiger partial charge in [-0.3, -0.25) is 0 Å². The van der Waals surface area contributed by atoms with Crippen LogP contribution in [0.15, 0.2) is 60.7 Å². The maximum absolute atomic E-state index is 9.93. The molecule has 0 aliphatic carbocycles. The van der Waals surface area contributed by atoms with Crippen molar-refractivity contribution in [3.8, 4) is 49.4 Å². The van der Waals surface area contributed by atoms with Gasteiger partial charge in [0.05, 0.1) is 103 Å². The summed E-state index contributed by atoms with van der Waals surface area (Å²) in [6, 6.07) is 20.7. The van der Waals surface area contributed by atoms with Crippen molar-refractivity contribution < 1.29 is 102 Å². The summed E-state index contributed by atoms with van der Waals surface area (Å²) >= 11 is 0. The minimum atomic E-state index is -1.79. The number of hydrogen-bond donors (Lipinski definition) is 9. The van der Waals surface area contributed by atoms with Crippen LogP contribution in [0, 0.1) is 55.9 Å². The van der Waals surface area contributed by atoms with Crippen LogP contribution in [0.2, 0.25) is 36.3 Å². The predicted molar refractivity (Wildman–Crippen MR) is 465 cm³/mol. The van der Waals surface area contributed by atoms with E-state index in [1.165, 1.54) is 28.4 Å². The first-order valence-electron chi connectivity index (χ1n) is 40.2. The third kappa shape index (κ3) is 83.8. The van der Waals surface area contributed by atoms with Gasteiger partial charge in [-0.15, -0.1) is 31.6 Å². The first kappa shape index (κ1) is 112. The van der Waals surface area contributed by atoms with E-state index >= 15 is 0 Å². The van der Waals surface area contributed by atoms with Gasteiger partial charge >= 0.3 is 0 Å². The van der Waals surface area contributed by atoms with Gasteiger partial charge in [0, 0.05) is 64.5 Å². The molecule has 2 unspecified atom stereocenters. The van der Waals surface area contributed by atoms with Crippen LogP contribution >= 0.6 is 17.1 Å². The lowest BCUT2D eigenvalue weighted by Crippen LogP contribution is -2.43. The van der Waals surface area contributed by atoms with Crippen molar-refractivity contribution in [1.82, 2.24) is 9.34 Å². The van der Waals surface area contributed by atoms with Gasteiger partial charge in [-0.2, -0.15) is 0 Å². The fraction of sp³-hybridized carbons (Fsp3) is 0.744. The van der Waals surface area contributed by atoms with Crippen molar-refractivity contribution in [2.24, 2.45) is 0 Å². The Kier molecular flexibility index (Phi) is 92.5. The van der Waals surface area contributed by atoms with Crippen LogP contribution in [0.4, 0.5) is 0 Å². The Hall–Kier alpha value is -3.42. The summed E-state index contributed by atoms with van der Waals surface area (Å²) in [7, 11) is -0.885. The normalized spacial score (nSPS) is 13.6. The van der Waals surface area contributed by atoms with Gasteiger partial charge in [0.25, 0.3) is 17.1 Å². The first-order valence-corrected chi connectivity index (χ1v) is 43.8. The zero-order chi connectivity index (χ0) is 91.3. The average Bonchev–Trinajstić information content (AvgIpc) is 0.854. The number of ether oxygens (including phenoxy) is 5. The van der Waals surface area contributed by atoms with E-state index in [1.807, 2.05) is 88.4 Å². The number of benzene rings is 2. The van der Waals surface area contributed by atoms with Gasteiger partial charge in [-0.1, -0.05) is 163 Å². The molecule has 0 amide bonds. The summed E-state index contributed by atoms with van der Waals surface area (Å²) in [4.78, 5) is 3.29. The van der Waals surface area contributed by atoms with E-state index in [4.69, 9.17) is 109 Å². The standard InChI is InChI=1S/C16H28NO3P.C16H28O3Si.C15H27N2O3P.C10H14O3.C9H22O2Si.C6H10O2.2C2H6.4CH4O.2CH4/c1-8-10-12-19-21(17(14(3)4)15(5)6)20-13-16(7)18-11-9-2;1-16(2,3)20(4,5)19-13-15(17)12-18-11-14-9-7-6-8-10-14;1-8-10-18-15(6)12-20-21(19-11-9-16-7)17(13(2)3)14(4)5;11-6-10(12)8-13-7-9-4-2-1-3-5-9;1-8(10)7-11-12(5,6)9(2,3)4;1-3-4-8-6(2)5-7;6*1-2;;/h1-2,14-16H,10-13H2,3-7H3;6-10,15,17H,11-13H2,1-5H3;1,13-15H,9-12H2,2-6H3;1-5,10-12H,6-8H2;8,10H,7H2,1-6H3;1,6-7H,4-5H2,2H3;2*1-2H3;4*2H,1H3;2*1H4/t16-,21?;15-;15-,21?;10-;8-;6-;;;;;;;;/m111011......../s1/i7D;;6D;;1D;2D;;;4*2T;;. The Morgan fingerprint density at radius 2 is 0.835 bits per heavy atom. The number of terminal acetylenes is 4. The third-order valence-corrected chi connectivity index (χ3v) is 26.6. The Bertz CT molecular complexity index is 2440. The lowest BCUT2D eigenvalue weighted by atomic mass is 10.2. The lowest BCUT2D eigenvalue weighted by molar-refractivity contribution is 0.0000253. The second kappa shape index (κ2) is 90.1. The van der Waals surface area contributed by atoms with Crippen LogP contribution in [0.25, 0.3) is 4.85 Å². The molecule has 0 fully saturated rings. The topological polar surface area (TPSA) is 294 Å². The van der Waals surface area contributed by atoms with Crippen molar-refractivity contribution >= 4 is 33.7 Å². The lowest BCUT2D eigenvalue weighted by Gasteiger charge is -2.36. The molecule has 2 aromatic rings. The number of aliphatic hydroxyl groups excluding tert-OH is 9. The van der Waals surface area contributed by atoms with E-state index in [-0.39, 0.29) is 142 Å². The minimum Gasteiger partial charge on any atom is -0.414 e. The molecule has 2 aromatic carbocycles. The van der Waals surface area contributed by atoms with Gasteiger partial charge in [-0.25, -0.2) is 15.9 Å². The maximum Gasteiger partial charge on any atom is 0.259 e. The van der Waals surface area contributed by atoms with Crippen LogP contribution in [0.5, 0.6) is 0 Å². The van der Waals surface area contributed by atoms with Crippen molar-refractivity contribution in [3.05, 3.63) is 83.2 Å². The zero-order valence-electron chi connectivity index (χ0n) is 78.8. The molecule has 0 aliphatic heterocycles. The predicted octanol–water partition coefficient (Wildman–Crippen LogP) is 15.1. The summed E-state index contributed by atoms with van der Waals surface area (Å²) in [5, 5.41) is 59.4. The van der Waals surface area contributed by atoms with Crippen LogP contribution in [-0.2, 0) is 63.8 Å². The highest BCUT2D eigenvalue weighted by molar-refractivity contribution is 7.44. The molecule has 0 heterocycles. The van der Waals surface area contributed by atoms with Crippen molar-refractivity contribution in [1.29, 1.82) is 5.72 Å². The fourth-order valence-electron chi connectivity index (χ4n) is 6.49. The van der Waals surface area contributed by atoms with Crippen LogP contribution in [-0.4, -0.2) is 259 Å². The van der Waals surface area contributed by atoms with Crippen molar-refractivity contribution in [3.63, 3.8) is 0 Å². The minimum absolute atomic E-state index is 0. The van der Waals surface area contributed by atoms with E-state index in [0.29, 0.717) is 59.2 Å². The van der Waals surface area contributed by atoms with Crippen LogP contribution < -0.4 is 0 Å². The molecule has 0 aromatic heterocycles. The van der Waals surface area contributed by atoms with Crippen molar-refractivity contribution in [2.75, 3.05) is 121 Å². The molecule has 646 valence electrons. The van der Waals surface area contributed by atoms with Crippen molar-refractivity contribution in [2.45, 2.75) is 284 Å². The molecule has 0 saturated heterocycles. The summed E-state index contributed by atoms with van der Waals surface area (Å²) in [5.41, 5.74) is 2.18. The number of hydrogen-bond acceptors (Lipinski definition) is 22. The molecule has 0 saturated carbocycles. The van der Waals surface area contributed by atoms with Gasteiger partial charge < -0.3 is 101 Å². The third-order valence-electron chi connectivity index (χ3n) is 13.4. The van der Waals surface area contributed by atoms with Gasteiger partial charge in [-0.05, 0) is 130 Å².